The minimum atomic E-state index is -4.20. The fourth-order valence-electron chi connectivity index (χ4n) is 1.08. The smallest absolute Gasteiger partial charge is 0.368 e. The van der Waals surface area contributed by atoms with Crippen molar-refractivity contribution in [2.75, 3.05) is 17.6 Å². The molecule has 0 aromatic carbocycles. The normalized spacial score (nSPS) is 11.6. The van der Waals surface area contributed by atoms with Gasteiger partial charge in [0.25, 0.3) is 0 Å². The zero-order valence-electron chi connectivity index (χ0n) is 9.23. The lowest BCUT2D eigenvalue weighted by Crippen LogP contribution is -2.12. The van der Waals surface area contributed by atoms with E-state index >= 15 is 0 Å². The van der Waals surface area contributed by atoms with Crippen molar-refractivity contribution in [3.8, 4) is 0 Å². The van der Waals surface area contributed by atoms with Crippen molar-refractivity contribution in [2.24, 2.45) is 0 Å². The quantitative estimate of drug-likeness (QED) is 0.860. The fraction of sp³-hybridized carbons (Fsp3) is 0.556. The molecule has 0 spiro atoms. The summed E-state index contributed by atoms with van der Waals surface area (Å²) in [4.78, 5) is 0. The standard InChI is InChI=1S/C9H11ClF3N3S/c1-5-6(2)8(16-15-7(5)10)14-3-4-17-9(11,12)13/h3-4H2,1-2H3,(H,14,16). The number of nitrogens with one attached hydrogen (secondary N) is 1. The molecule has 0 fully saturated rings. The number of rotatable bonds is 4. The topological polar surface area (TPSA) is 37.8 Å². The van der Waals surface area contributed by atoms with Crippen LogP contribution in [0.25, 0.3) is 0 Å². The molecule has 1 N–H and O–H groups in total. The van der Waals surface area contributed by atoms with Gasteiger partial charge in [0.1, 0.15) is 0 Å². The lowest BCUT2D eigenvalue weighted by Gasteiger charge is -2.10. The van der Waals surface area contributed by atoms with Crippen LogP contribution in [0.2, 0.25) is 5.15 Å². The van der Waals surface area contributed by atoms with Gasteiger partial charge in [-0.05, 0) is 36.7 Å². The molecule has 17 heavy (non-hydrogen) atoms. The SMILES string of the molecule is Cc1c(Cl)nnc(NCCSC(F)(F)F)c1C. The first-order valence-corrected chi connectivity index (χ1v) is 6.11. The Bertz CT molecular complexity index is 398. The Balaban J connectivity index is 2.51. The molecule has 0 saturated heterocycles. The maximum atomic E-state index is 11.9. The monoisotopic (exact) mass is 285 g/mol. The Morgan fingerprint density at radius 3 is 2.47 bits per heavy atom. The van der Waals surface area contributed by atoms with Crippen molar-refractivity contribution >= 4 is 29.2 Å². The molecule has 0 saturated carbocycles. The van der Waals surface area contributed by atoms with Crippen molar-refractivity contribution in [3.63, 3.8) is 0 Å². The van der Waals surface area contributed by atoms with Gasteiger partial charge in [-0.1, -0.05) is 11.6 Å². The summed E-state index contributed by atoms with van der Waals surface area (Å²) in [6.45, 7) is 3.73. The molecule has 0 unspecified atom stereocenters. The van der Waals surface area contributed by atoms with Gasteiger partial charge < -0.3 is 5.32 Å². The Morgan fingerprint density at radius 1 is 1.24 bits per heavy atom. The van der Waals surface area contributed by atoms with Crippen molar-refractivity contribution in [3.05, 3.63) is 16.3 Å². The van der Waals surface area contributed by atoms with Crippen LogP contribution in [0.4, 0.5) is 19.0 Å². The predicted octanol–water partition coefficient (Wildman–Crippen LogP) is 3.41. The molecule has 8 heteroatoms. The summed E-state index contributed by atoms with van der Waals surface area (Å²) in [5.74, 6) is 0.390. The van der Waals surface area contributed by atoms with Crippen LogP contribution in [-0.2, 0) is 0 Å². The highest BCUT2D eigenvalue weighted by atomic mass is 35.5. The van der Waals surface area contributed by atoms with Crippen molar-refractivity contribution in [1.82, 2.24) is 10.2 Å². The molecule has 0 aliphatic heterocycles. The van der Waals surface area contributed by atoms with Crippen LogP contribution < -0.4 is 5.32 Å². The van der Waals surface area contributed by atoms with Crippen LogP contribution in [-0.4, -0.2) is 28.0 Å². The van der Waals surface area contributed by atoms with Gasteiger partial charge in [-0.3, -0.25) is 0 Å². The van der Waals surface area contributed by atoms with Gasteiger partial charge in [-0.2, -0.15) is 13.2 Å². The summed E-state index contributed by atoms with van der Waals surface area (Å²) in [6, 6.07) is 0. The zero-order valence-corrected chi connectivity index (χ0v) is 10.8. The molecule has 0 atom stereocenters. The Hall–Kier alpha value is -0.690. The minimum absolute atomic E-state index is 0.0707. The van der Waals surface area contributed by atoms with E-state index in [-0.39, 0.29) is 24.1 Å². The van der Waals surface area contributed by atoms with Gasteiger partial charge in [0.15, 0.2) is 11.0 Å². The van der Waals surface area contributed by atoms with Crippen molar-refractivity contribution in [1.29, 1.82) is 0 Å². The van der Waals surface area contributed by atoms with Gasteiger partial charge >= 0.3 is 5.51 Å². The summed E-state index contributed by atoms with van der Waals surface area (Å²) in [5, 5.41) is 10.6. The molecule has 0 radical (unpaired) electrons. The van der Waals surface area contributed by atoms with Gasteiger partial charge in [0.2, 0.25) is 0 Å². The van der Waals surface area contributed by atoms with Crippen LogP contribution >= 0.6 is 23.4 Å². The number of halogens is 4. The number of hydrogen-bond donors (Lipinski definition) is 1. The second-order valence-electron chi connectivity index (χ2n) is 3.31. The van der Waals surface area contributed by atoms with E-state index in [0.29, 0.717) is 11.0 Å². The molecule has 0 aliphatic carbocycles. The summed E-state index contributed by atoms with van der Waals surface area (Å²) < 4.78 is 35.6. The second-order valence-corrected chi connectivity index (χ2v) is 4.83. The van der Waals surface area contributed by atoms with Gasteiger partial charge in [-0.25, -0.2) is 0 Å². The number of thioether (sulfide) groups is 1. The Kier molecular flexibility index (Phi) is 4.88. The lowest BCUT2D eigenvalue weighted by molar-refractivity contribution is -0.0327. The van der Waals surface area contributed by atoms with Crippen molar-refractivity contribution in [2.45, 2.75) is 19.4 Å². The van der Waals surface area contributed by atoms with Crippen LogP contribution in [0.3, 0.4) is 0 Å². The third-order valence-corrected chi connectivity index (χ3v) is 3.22. The molecule has 1 aromatic heterocycles. The summed E-state index contributed by atoms with van der Waals surface area (Å²) in [6.07, 6.45) is 0. The first-order valence-electron chi connectivity index (χ1n) is 4.75. The number of aromatic nitrogens is 2. The number of anilines is 1. The fourth-order valence-corrected chi connectivity index (χ4v) is 1.70. The summed E-state index contributed by atoms with van der Waals surface area (Å²) >= 11 is 5.68. The molecular weight excluding hydrogens is 275 g/mol. The Morgan fingerprint density at radius 2 is 1.88 bits per heavy atom. The lowest BCUT2D eigenvalue weighted by atomic mass is 10.2. The number of alkyl halides is 3. The highest BCUT2D eigenvalue weighted by Crippen LogP contribution is 2.29. The molecule has 0 amide bonds. The van der Waals surface area contributed by atoms with E-state index in [0.717, 1.165) is 11.1 Å². The van der Waals surface area contributed by atoms with E-state index < -0.39 is 5.51 Å². The maximum absolute atomic E-state index is 11.9. The van der Waals surface area contributed by atoms with Crippen LogP contribution in [0.5, 0.6) is 0 Å². The summed E-state index contributed by atoms with van der Waals surface area (Å²) in [5.41, 5.74) is -2.63. The largest absolute Gasteiger partial charge is 0.441 e. The highest BCUT2D eigenvalue weighted by molar-refractivity contribution is 8.00. The molecule has 3 nitrogen and oxygen atoms in total. The zero-order chi connectivity index (χ0) is 13.1. The molecule has 96 valence electrons. The van der Waals surface area contributed by atoms with Gasteiger partial charge in [0.05, 0.1) is 0 Å². The predicted molar refractivity (Wildman–Crippen MR) is 63.5 cm³/mol. The molecule has 1 heterocycles. The van der Waals surface area contributed by atoms with Crippen molar-refractivity contribution < 1.29 is 13.2 Å². The minimum Gasteiger partial charge on any atom is -0.368 e. The first kappa shape index (κ1) is 14.4. The van der Waals surface area contributed by atoms with Crippen LogP contribution in [0, 0.1) is 13.8 Å². The van der Waals surface area contributed by atoms with E-state index in [9.17, 15) is 13.2 Å². The molecule has 0 bridgehead atoms. The average Bonchev–Trinajstić information content (AvgIpc) is 2.22. The number of nitrogens with zero attached hydrogens (tertiary/aromatic N) is 2. The molecule has 1 rings (SSSR count). The van der Waals surface area contributed by atoms with E-state index in [2.05, 4.69) is 15.5 Å². The van der Waals surface area contributed by atoms with Gasteiger partial charge in [0, 0.05) is 12.3 Å². The third-order valence-electron chi connectivity index (χ3n) is 2.13. The highest BCUT2D eigenvalue weighted by Gasteiger charge is 2.27. The molecular formula is C9H11ClF3N3S. The second kappa shape index (κ2) is 5.77. The summed E-state index contributed by atoms with van der Waals surface area (Å²) in [7, 11) is 0. The Labute approximate surface area is 106 Å². The van der Waals surface area contributed by atoms with E-state index in [1.54, 1.807) is 13.8 Å². The van der Waals surface area contributed by atoms with E-state index in [4.69, 9.17) is 11.6 Å². The molecule has 1 aromatic rings. The third kappa shape index (κ3) is 4.59. The maximum Gasteiger partial charge on any atom is 0.441 e. The van der Waals surface area contributed by atoms with E-state index in [1.165, 1.54) is 0 Å². The van der Waals surface area contributed by atoms with E-state index in [1.807, 2.05) is 0 Å². The average molecular weight is 286 g/mol. The van der Waals surface area contributed by atoms with Crippen LogP contribution in [0.15, 0.2) is 0 Å². The first-order chi connectivity index (χ1) is 7.81. The molecule has 0 aliphatic rings. The van der Waals surface area contributed by atoms with Gasteiger partial charge in [-0.15, -0.1) is 10.2 Å². The number of hydrogen-bond acceptors (Lipinski definition) is 4. The van der Waals surface area contributed by atoms with Crippen LogP contribution in [0.1, 0.15) is 11.1 Å².